The second-order valence-corrected chi connectivity index (χ2v) is 7.16. The molecule has 2 N–H and O–H groups in total. The Hall–Kier alpha value is -3.18. The Morgan fingerprint density at radius 3 is 2.54 bits per heavy atom. The summed E-state index contributed by atoms with van der Waals surface area (Å²) in [5, 5.41) is 7.32. The van der Waals surface area contributed by atoms with Gasteiger partial charge in [0.2, 0.25) is 5.91 Å². The van der Waals surface area contributed by atoms with Gasteiger partial charge in [0.1, 0.15) is 6.54 Å². The van der Waals surface area contributed by atoms with Crippen molar-refractivity contribution >= 4 is 12.0 Å². The first-order valence-electron chi connectivity index (χ1n) is 9.48. The van der Waals surface area contributed by atoms with Crippen LogP contribution in [0.1, 0.15) is 22.3 Å². The molecule has 5 nitrogen and oxygen atoms in total. The quantitative estimate of drug-likeness (QED) is 0.591. The maximum atomic E-state index is 12.2. The van der Waals surface area contributed by atoms with Crippen LogP contribution in [0.3, 0.4) is 0 Å². The van der Waals surface area contributed by atoms with E-state index < -0.39 is 0 Å². The van der Waals surface area contributed by atoms with E-state index >= 15 is 0 Å². The van der Waals surface area contributed by atoms with E-state index in [2.05, 4.69) is 48.8 Å². The standard InChI is InChI=1S/C23H26N4O/c1-26(2)18-22-11-7-6-10-21(22)15-24-23(28)13-12-20-14-25-27(17-20)16-19-8-4-3-5-9-19/h3-14,17H,15-16,18H2,1-2H3,(H,24,28)/p+1/b13-12+. The number of hydrogen-bond donors (Lipinski definition) is 2. The molecule has 0 radical (unpaired) electrons. The van der Waals surface area contributed by atoms with Crippen LogP contribution in [0.2, 0.25) is 0 Å². The van der Waals surface area contributed by atoms with Gasteiger partial charge in [0.05, 0.1) is 26.8 Å². The molecule has 3 aromatic rings. The SMILES string of the molecule is C[NH+](C)Cc1ccccc1CNC(=O)/C=C/c1cnn(Cc2ccccc2)c1. The Kier molecular flexibility index (Phi) is 6.76. The number of nitrogens with one attached hydrogen (secondary N) is 2. The summed E-state index contributed by atoms with van der Waals surface area (Å²) in [4.78, 5) is 13.5. The molecule has 0 atom stereocenters. The molecule has 0 fully saturated rings. The zero-order valence-electron chi connectivity index (χ0n) is 16.4. The third-order valence-electron chi connectivity index (χ3n) is 4.38. The minimum absolute atomic E-state index is 0.109. The molecule has 0 saturated heterocycles. The molecule has 0 aliphatic rings. The molecule has 1 amide bonds. The fourth-order valence-corrected chi connectivity index (χ4v) is 3.02. The van der Waals surface area contributed by atoms with Gasteiger partial charge >= 0.3 is 0 Å². The highest BCUT2D eigenvalue weighted by molar-refractivity contribution is 5.91. The van der Waals surface area contributed by atoms with Crippen molar-refractivity contribution in [1.29, 1.82) is 0 Å². The number of rotatable bonds is 8. The van der Waals surface area contributed by atoms with E-state index in [1.165, 1.54) is 16.0 Å². The van der Waals surface area contributed by atoms with Crippen LogP contribution in [-0.2, 0) is 24.4 Å². The van der Waals surface area contributed by atoms with E-state index in [1.54, 1.807) is 18.3 Å². The van der Waals surface area contributed by atoms with E-state index in [1.807, 2.05) is 41.2 Å². The van der Waals surface area contributed by atoms with Crippen molar-refractivity contribution < 1.29 is 9.69 Å². The van der Waals surface area contributed by atoms with Gasteiger partial charge in [-0.25, -0.2) is 0 Å². The third-order valence-corrected chi connectivity index (χ3v) is 4.38. The number of hydrogen-bond acceptors (Lipinski definition) is 2. The topological polar surface area (TPSA) is 51.4 Å². The average molecular weight is 375 g/mol. The lowest BCUT2D eigenvalue weighted by atomic mass is 10.1. The lowest BCUT2D eigenvalue weighted by Crippen LogP contribution is -3.04. The van der Waals surface area contributed by atoms with Gasteiger partial charge in [-0.15, -0.1) is 0 Å². The zero-order chi connectivity index (χ0) is 19.8. The van der Waals surface area contributed by atoms with E-state index in [9.17, 15) is 4.79 Å². The van der Waals surface area contributed by atoms with Gasteiger partial charge in [-0.05, 0) is 17.2 Å². The highest BCUT2D eigenvalue weighted by Gasteiger charge is 2.06. The van der Waals surface area contributed by atoms with Crippen LogP contribution in [0, 0.1) is 0 Å². The molecule has 1 aromatic heterocycles. The first-order valence-corrected chi connectivity index (χ1v) is 9.48. The third kappa shape index (κ3) is 5.93. The van der Waals surface area contributed by atoms with Gasteiger partial charge in [-0.2, -0.15) is 5.10 Å². The second kappa shape index (κ2) is 9.67. The van der Waals surface area contributed by atoms with Gasteiger partial charge in [0.25, 0.3) is 0 Å². The minimum atomic E-state index is -0.109. The van der Waals surface area contributed by atoms with Gasteiger partial charge in [0.15, 0.2) is 0 Å². The second-order valence-electron chi connectivity index (χ2n) is 7.16. The number of amides is 1. The van der Waals surface area contributed by atoms with E-state index in [0.717, 1.165) is 17.7 Å². The molecule has 2 aromatic carbocycles. The lowest BCUT2D eigenvalue weighted by molar-refractivity contribution is -0.872. The van der Waals surface area contributed by atoms with Crippen LogP contribution in [-0.4, -0.2) is 29.8 Å². The molecule has 144 valence electrons. The Bertz CT molecular complexity index is 929. The monoisotopic (exact) mass is 375 g/mol. The maximum absolute atomic E-state index is 12.2. The summed E-state index contributed by atoms with van der Waals surface area (Å²) in [5.41, 5.74) is 4.51. The maximum Gasteiger partial charge on any atom is 0.244 e. The summed E-state index contributed by atoms with van der Waals surface area (Å²) in [6.07, 6.45) is 7.05. The molecule has 0 aliphatic carbocycles. The summed E-state index contributed by atoms with van der Waals surface area (Å²) in [7, 11) is 4.24. The van der Waals surface area contributed by atoms with Gasteiger partial charge < -0.3 is 10.2 Å². The van der Waals surface area contributed by atoms with Crippen LogP contribution in [0.4, 0.5) is 0 Å². The van der Waals surface area contributed by atoms with E-state index in [-0.39, 0.29) is 5.91 Å². The van der Waals surface area contributed by atoms with Gasteiger partial charge in [0, 0.05) is 29.9 Å². The Morgan fingerprint density at radius 1 is 1.07 bits per heavy atom. The molecule has 0 bridgehead atoms. The fourth-order valence-electron chi connectivity index (χ4n) is 3.02. The summed E-state index contributed by atoms with van der Waals surface area (Å²) in [5.74, 6) is -0.109. The van der Waals surface area contributed by atoms with Gasteiger partial charge in [-0.3, -0.25) is 9.48 Å². The van der Waals surface area contributed by atoms with Crippen molar-refractivity contribution in [3.63, 3.8) is 0 Å². The van der Waals surface area contributed by atoms with Crippen LogP contribution < -0.4 is 10.2 Å². The van der Waals surface area contributed by atoms with Crippen LogP contribution in [0.25, 0.3) is 6.08 Å². The molecule has 0 spiro atoms. The smallest absolute Gasteiger partial charge is 0.244 e. The fraction of sp³-hybridized carbons (Fsp3) is 0.217. The average Bonchev–Trinajstić information content (AvgIpc) is 3.13. The van der Waals surface area contributed by atoms with Crippen molar-refractivity contribution in [2.45, 2.75) is 19.6 Å². The zero-order valence-corrected chi connectivity index (χ0v) is 16.4. The number of carbonyl (C=O) groups excluding carboxylic acids is 1. The Balaban J connectivity index is 1.53. The normalized spacial score (nSPS) is 11.2. The van der Waals surface area contributed by atoms with Crippen molar-refractivity contribution in [2.75, 3.05) is 14.1 Å². The Morgan fingerprint density at radius 2 is 1.79 bits per heavy atom. The minimum Gasteiger partial charge on any atom is -0.348 e. The molecule has 0 saturated carbocycles. The summed E-state index contributed by atoms with van der Waals surface area (Å²) in [6.45, 7) is 2.17. The number of carbonyl (C=O) groups is 1. The lowest BCUT2D eigenvalue weighted by Gasteiger charge is -2.12. The molecule has 3 rings (SSSR count). The molecule has 28 heavy (non-hydrogen) atoms. The van der Waals surface area contributed by atoms with Crippen molar-refractivity contribution in [2.24, 2.45) is 0 Å². The molecular weight excluding hydrogens is 348 g/mol. The molecular formula is C23H27N4O+. The van der Waals surface area contributed by atoms with Crippen LogP contribution in [0.5, 0.6) is 0 Å². The first-order chi connectivity index (χ1) is 13.6. The predicted molar refractivity (Wildman–Crippen MR) is 112 cm³/mol. The number of benzene rings is 2. The van der Waals surface area contributed by atoms with E-state index in [4.69, 9.17) is 0 Å². The number of aromatic nitrogens is 2. The van der Waals surface area contributed by atoms with Crippen molar-refractivity contribution in [1.82, 2.24) is 15.1 Å². The van der Waals surface area contributed by atoms with Gasteiger partial charge in [-0.1, -0.05) is 54.6 Å². The van der Waals surface area contributed by atoms with Crippen molar-refractivity contribution in [3.8, 4) is 0 Å². The molecule has 5 heteroatoms. The number of quaternary nitrogens is 1. The largest absolute Gasteiger partial charge is 0.348 e. The predicted octanol–water partition coefficient (Wildman–Crippen LogP) is 1.91. The first kappa shape index (κ1) is 19.6. The molecule has 1 heterocycles. The van der Waals surface area contributed by atoms with E-state index in [0.29, 0.717) is 13.1 Å². The highest BCUT2D eigenvalue weighted by Crippen LogP contribution is 2.08. The van der Waals surface area contributed by atoms with Crippen LogP contribution in [0.15, 0.2) is 73.1 Å². The molecule has 0 aliphatic heterocycles. The highest BCUT2D eigenvalue weighted by atomic mass is 16.1. The van der Waals surface area contributed by atoms with Crippen molar-refractivity contribution in [3.05, 3.63) is 95.3 Å². The summed E-state index contributed by atoms with van der Waals surface area (Å²) < 4.78 is 1.87. The van der Waals surface area contributed by atoms with Crippen LogP contribution >= 0.6 is 0 Å². The summed E-state index contributed by atoms with van der Waals surface area (Å²) in [6, 6.07) is 18.4. The summed E-state index contributed by atoms with van der Waals surface area (Å²) >= 11 is 0. The number of nitrogens with zero attached hydrogens (tertiary/aromatic N) is 2. The Labute approximate surface area is 166 Å². The molecule has 0 unspecified atom stereocenters.